The molecule has 3 aromatic rings. The second kappa shape index (κ2) is 9.99. The van der Waals surface area contributed by atoms with Crippen LogP contribution in [0.5, 0.6) is 0 Å². The quantitative estimate of drug-likeness (QED) is 0.412. The van der Waals surface area contributed by atoms with Gasteiger partial charge in [-0.1, -0.05) is 24.3 Å². The van der Waals surface area contributed by atoms with E-state index in [1.807, 2.05) is 31.2 Å². The highest BCUT2D eigenvalue weighted by Gasteiger charge is 2.20. The van der Waals surface area contributed by atoms with Gasteiger partial charge in [0.2, 0.25) is 0 Å². The van der Waals surface area contributed by atoms with Gasteiger partial charge in [0.15, 0.2) is 5.16 Å². The van der Waals surface area contributed by atoms with E-state index in [0.717, 1.165) is 22.9 Å². The molecule has 0 radical (unpaired) electrons. The van der Waals surface area contributed by atoms with Crippen LogP contribution in [0.4, 0.5) is 5.69 Å². The Bertz CT molecular complexity index is 1050. The average molecular weight is 427 g/mol. The third kappa shape index (κ3) is 5.22. The van der Waals surface area contributed by atoms with Crippen LogP contribution in [-0.4, -0.2) is 32.2 Å². The Kier molecular flexibility index (Phi) is 7.15. The maximum absolute atomic E-state index is 12.6. The van der Waals surface area contributed by atoms with Crippen molar-refractivity contribution in [2.24, 2.45) is 7.05 Å². The number of aromatic nitrogens is 3. The molecule has 1 aromatic heterocycles. The zero-order valence-corrected chi connectivity index (χ0v) is 17.4. The van der Waals surface area contributed by atoms with Crippen LogP contribution in [0.3, 0.4) is 0 Å². The van der Waals surface area contributed by atoms with Crippen molar-refractivity contribution in [1.82, 2.24) is 20.1 Å². The number of nitro benzene ring substituents is 1. The van der Waals surface area contributed by atoms with E-state index in [0.29, 0.717) is 29.8 Å². The Balaban J connectivity index is 1.74. The van der Waals surface area contributed by atoms with Crippen LogP contribution in [0.1, 0.15) is 28.4 Å². The molecule has 0 saturated heterocycles. The number of amides is 1. The Morgan fingerprint density at radius 3 is 2.70 bits per heavy atom. The first-order valence-electron chi connectivity index (χ1n) is 9.22. The summed E-state index contributed by atoms with van der Waals surface area (Å²) in [6, 6.07) is 12.1. The summed E-state index contributed by atoms with van der Waals surface area (Å²) in [5, 5.41) is 22.6. The highest BCUT2D eigenvalue weighted by Crippen LogP contribution is 2.34. The molecule has 0 aliphatic carbocycles. The largest absolute Gasteiger partial charge is 0.377 e. The number of ether oxygens (including phenoxy) is 1. The average Bonchev–Trinajstić information content (AvgIpc) is 3.15. The van der Waals surface area contributed by atoms with E-state index in [2.05, 4.69) is 15.5 Å². The second-order valence-electron chi connectivity index (χ2n) is 6.35. The van der Waals surface area contributed by atoms with Gasteiger partial charge in [-0.25, -0.2) is 0 Å². The van der Waals surface area contributed by atoms with Gasteiger partial charge >= 0.3 is 0 Å². The van der Waals surface area contributed by atoms with Crippen LogP contribution in [0.2, 0.25) is 0 Å². The maximum Gasteiger partial charge on any atom is 0.284 e. The molecule has 1 amide bonds. The molecule has 156 valence electrons. The molecule has 0 spiro atoms. The van der Waals surface area contributed by atoms with Crippen molar-refractivity contribution < 1.29 is 14.5 Å². The van der Waals surface area contributed by atoms with Gasteiger partial charge < -0.3 is 14.6 Å². The molecule has 0 aliphatic rings. The molecule has 0 saturated carbocycles. The van der Waals surface area contributed by atoms with E-state index in [1.165, 1.54) is 12.4 Å². The van der Waals surface area contributed by atoms with Gasteiger partial charge in [-0.15, -0.1) is 10.2 Å². The Hall–Kier alpha value is -3.24. The molecular weight excluding hydrogens is 406 g/mol. The first-order chi connectivity index (χ1) is 14.5. The number of nitrogens with one attached hydrogen (secondary N) is 1. The van der Waals surface area contributed by atoms with Crippen LogP contribution in [0.15, 0.2) is 58.8 Å². The van der Waals surface area contributed by atoms with Gasteiger partial charge in [0.05, 0.1) is 16.4 Å². The van der Waals surface area contributed by atoms with Crippen molar-refractivity contribution in [3.63, 3.8) is 0 Å². The van der Waals surface area contributed by atoms with Crippen molar-refractivity contribution in [3.8, 4) is 0 Å². The van der Waals surface area contributed by atoms with E-state index in [4.69, 9.17) is 4.74 Å². The van der Waals surface area contributed by atoms with Gasteiger partial charge in [0.25, 0.3) is 11.6 Å². The lowest BCUT2D eigenvalue weighted by Crippen LogP contribution is -2.23. The summed E-state index contributed by atoms with van der Waals surface area (Å²) in [4.78, 5) is 24.0. The van der Waals surface area contributed by atoms with Crippen molar-refractivity contribution in [2.45, 2.75) is 30.1 Å². The molecule has 0 aliphatic heterocycles. The fraction of sp³-hybridized carbons (Fsp3) is 0.250. The van der Waals surface area contributed by atoms with E-state index >= 15 is 0 Å². The van der Waals surface area contributed by atoms with E-state index in [1.54, 1.807) is 23.7 Å². The molecule has 1 N–H and O–H groups in total. The van der Waals surface area contributed by atoms with Crippen LogP contribution < -0.4 is 5.32 Å². The molecule has 0 unspecified atom stereocenters. The maximum atomic E-state index is 12.6. The SMILES string of the molecule is CCOCc1ccccc1CNC(=O)c1ccc(Sc2nncn2C)c([N+](=O)[O-])c1. The van der Waals surface area contributed by atoms with Crippen LogP contribution in [0.25, 0.3) is 0 Å². The monoisotopic (exact) mass is 427 g/mol. The van der Waals surface area contributed by atoms with Crippen molar-refractivity contribution >= 4 is 23.4 Å². The lowest BCUT2D eigenvalue weighted by molar-refractivity contribution is -0.387. The number of benzene rings is 2. The van der Waals surface area contributed by atoms with Crippen molar-refractivity contribution in [2.75, 3.05) is 6.61 Å². The van der Waals surface area contributed by atoms with Crippen molar-refractivity contribution in [3.05, 3.63) is 75.6 Å². The molecular formula is C20H21N5O4S. The highest BCUT2D eigenvalue weighted by molar-refractivity contribution is 7.99. The number of aryl methyl sites for hydroxylation is 1. The Labute approximate surface area is 177 Å². The highest BCUT2D eigenvalue weighted by atomic mass is 32.2. The molecule has 0 fully saturated rings. The molecule has 0 bridgehead atoms. The minimum atomic E-state index is -0.507. The van der Waals surface area contributed by atoms with Gasteiger partial charge in [-0.05, 0) is 41.9 Å². The Morgan fingerprint density at radius 2 is 2.03 bits per heavy atom. The molecule has 1 heterocycles. The summed E-state index contributed by atoms with van der Waals surface area (Å²) in [5.74, 6) is -0.389. The lowest BCUT2D eigenvalue weighted by atomic mass is 10.1. The van der Waals surface area contributed by atoms with Crippen LogP contribution in [0, 0.1) is 10.1 Å². The lowest BCUT2D eigenvalue weighted by Gasteiger charge is -2.11. The van der Waals surface area contributed by atoms with Crippen LogP contribution >= 0.6 is 11.8 Å². The number of carbonyl (C=O) groups excluding carboxylic acids is 1. The predicted molar refractivity (Wildman–Crippen MR) is 111 cm³/mol. The summed E-state index contributed by atoms with van der Waals surface area (Å²) in [6.45, 7) is 3.28. The number of carbonyl (C=O) groups is 1. The second-order valence-corrected chi connectivity index (χ2v) is 7.36. The summed E-state index contributed by atoms with van der Waals surface area (Å²) in [6.07, 6.45) is 1.51. The fourth-order valence-corrected chi connectivity index (χ4v) is 3.56. The molecule has 10 heteroatoms. The first-order valence-corrected chi connectivity index (χ1v) is 10.0. The van der Waals surface area contributed by atoms with Gasteiger partial charge in [-0.2, -0.15) is 0 Å². The predicted octanol–water partition coefficient (Wildman–Crippen LogP) is 3.34. The number of nitrogens with zero attached hydrogens (tertiary/aromatic N) is 4. The minimum absolute atomic E-state index is 0.160. The van der Waals surface area contributed by atoms with E-state index < -0.39 is 4.92 Å². The number of hydrogen-bond acceptors (Lipinski definition) is 7. The molecule has 0 atom stereocenters. The zero-order valence-electron chi connectivity index (χ0n) is 16.6. The van der Waals surface area contributed by atoms with E-state index in [9.17, 15) is 14.9 Å². The minimum Gasteiger partial charge on any atom is -0.377 e. The normalized spacial score (nSPS) is 10.7. The third-order valence-corrected chi connectivity index (χ3v) is 5.43. The smallest absolute Gasteiger partial charge is 0.284 e. The molecule has 9 nitrogen and oxygen atoms in total. The van der Waals surface area contributed by atoms with Gasteiger partial charge in [0, 0.05) is 31.8 Å². The van der Waals surface area contributed by atoms with Gasteiger partial charge in [-0.3, -0.25) is 14.9 Å². The topological polar surface area (TPSA) is 112 Å². The molecule has 30 heavy (non-hydrogen) atoms. The molecule has 2 aromatic carbocycles. The Morgan fingerprint density at radius 1 is 1.27 bits per heavy atom. The van der Waals surface area contributed by atoms with Crippen molar-refractivity contribution in [1.29, 1.82) is 0 Å². The number of nitro groups is 1. The standard InChI is InChI=1S/C20H21N5O4S/c1-3-29-12-16-7-5-4-6-15(16)11-21-19(26)14-8-9-18(17(10-14)25(27)28)30-20-23-22-13-24(20)2/h4-10,13H,3,11-12H2,1-2H3,(H,21,26). The first kappa shape index (κ1) is 21.5. The fourth-order valence-electron chi connectivity index (χ4n) is 2.71. The zero-order chi connectivity index (χ0) is 21.5. The van der Waals surface area contributed by atoms with E-state index in [-0.39, 0.29) is 17.2 Å². The number of rotatable bonds is 9. The third-order valence-electron chi connectivity index (χ3n) is 4.31. The summed E-state index contributed by atoms with van der Waals surface area (Å²) < 4.78 is 7.12. The molecule has 3 rings (SSSR count). The summed E-state index contributed by atoms with van der Waals surface area (Å²) in [7, 11) is 1.75. The van der Waals surface area contributed by atoms with Crippen LogP contribution in [-0.2, 0) is 24.9 Å². The number of hydrogen-bond donors (Lipinski definition) is 1. The van der Waals surface area contributed by atoms with Gasteiger partial charge in [0.1, 0.15) is 6.33 Å². The summed E-state index contributed by atoms with van der Waals surface area (Å²) >= 11 is 1.12. The summed E-state index contributed by atoms with van der Waals surface area (Å²) in [5.41, 5.74) is 1.98.